The summed E-state index contributed by atoms with van der Waals surface area (Å²) in [6, 6.07) is 0. The van der Waals surface area contributed by atoms with Crippen LogP contribution < -0.4 is 0 Å². The van der Waals surface area contributed by atoms with Crippen molar-refractivity contribution in [2.45, 2.75) is 219 Å². The largest absolute Gasteiger partial charge is 0.481 e. The molecular weight excluding hydrogens is 702 g/mol. The molecule has 0 aliphatic rings. The second-order valence-corrected chi connectivity index (χ2v) is 12.9. The Labute approximate surface area is 313 Å². The van der Waals surface area contributed by atoms with Crippen molar-refractivity contribution < 1.29 is 59.7 Å². The summed E-state index contributed by atoms with van der Waals surface area (Å²) in [4.78, 5) is 20.7. The summed E-state index contributed by atoms with van der Waals surface area (Å²) in [6.07, 6.45) is 48.4. The number of aliphatic carboxylic acids is 2. The minimum absolute atomic E-state index is 0. The number of hydrogen-bond acceptors (Lipinski definition) is 2. The molecule has 5 heteroatoms. The summed E-state index contributed by atoms with van der Waals surface area (Å²) in [5.41, 5.74) is 0. The molecule has 0 saturated carbocycles. The van der Waals surface area contributed by atoms with Gasteiger partial charge in [-0.2, -0.15) is 0 Å². The minimum atomic E-state index is -0.664. The van der Waals surface area contributed by atoms with Crippen molar-refractivity contribution in [1.29, 1.82) is 0 Å². The molecule has 0 saturated heterocycles. The molecule has 0 spiro atoms. The number of carboxylic acid groups (broad SMARTS) is 2. The Balaban J connectivity index is -0.000000779. The van der Waals surface area contributed by atoms with Crippen molar-refractivity contribution in [1.82, 2.24) is 0 Å². The topological polar surface area (TPSA) is 74.6 Å². The van der Waals surface area contributed by atoms with Crippen molar-refractivity contribution in [2.75, 3.05) is 0 Å². The van der Waals surface area contributed by atoms with Gasteiger partial charge in [0.05, 0.1) is 0 Å². The van der Waals surface area contributed by atoms with Gasteiger partial charge in [0.25, 0.3) is 0 Å². The van der Waals surface area contributed by atoms with Crippen LogP contribution in [-0.2, 0) is 9.59 Å². The van der Waals surface area contributed by atoms with Crippen molar-refractivity contribution >= 4 is 11.9 Å². The molecular formula is C40H76GdO4. The van der Waals surface area contributed by atoms with Crippen LogP contribution in [0.5, 0.6) is 0 Å². The Morgan fingerprint density at radius 1 is 0.356 bits per heavy atom. The minimum Gasteiger partial charge on any atom is -0.481 e. The molecule has 4 nitrogen and oxygen atoms in total. The van der Waals surface area contributed by atoms with Crippen LogP contribution in [0.4, 0.5) is 0 Å². The molecule has 0 aromatic heterocycles. The molecule has 0 aromatic carbocycles. The Kier molecular flexibility index (Phi) is 50.1. The van der Waals surface area contributed by atoms with E-state index in [0.717, 1.165) is 25.7 Å². The quantitative estimate of drug-likeness (QED) is 0.0504. The predicted octanol–water partition coefficient (Wildman–Crippen LogP) is 13.8. The van der Waals surface area contributed by atoms with E-state index in [2.05, 4.69) is 38.2 Å². The maximum atomic E-state index is 10.4. The number of rotatable bonds is 34. The smallest absolute Gasteiger partial charge is 0.303 e. The number of carboxylic acids is 2. The van der Waals surface area contributed by atoms with Crippen LogP contribution in [0.25, 0.3) is 0 Å². The van der Waals surface area contributed by atoms with Crippen LogP contribution >= 0.6 is 0 Å². The zero-order valence-electron chi connectivity index (χ0n) is 30.0. The maximum Gasteiger partial charge on any atom is 0.303 e. The molecule has 0 heterocycles. The van der Waals surface area contributed by atoms with Gasteiger partial charge >= 0.3 is 11.9 Å². The Morgan fingerprint density at radius 2 is 0.556 bits per heavy atom. The Hall–Kier alpha value is -0.255. The van der Waals surface area contributed by atoms with Gasteiger partial charge in [0.15, 0.2) is 0 Å². The van der Waals surface area contributed by atoms with Crippen molar-refractivity contribution in [3.63, 3.8) is 0 Å². The van der Waals surface area contributed by atoms with Crippen LogP contribution in [0.15, 0.2) is 24.3 Å². The normalized spacial score (nSPS) is 11.1. The van der Waals surface area contributed by atoms with Gasteiger partial charge in [-0.25, -0.2) is 0 Å². The van der Waals surface area contributed by atoms with E-state index in [9.17, 15) is 9.59 Å². The van der Waals surface area contributed by atoms with E-state index >= 15 is 0 Å². The zero-order valence-corrected chi connectivity index (χ0v) is 32.3. The Morgan fingerprint density at radius 3 is 0.778 bits per heavy atom. The van der Waals surface area contributed by atoms with Crippen molar-refractivity contribution in [3.8, 4) is 0 Å². The molecule has 0 aliphatic carbocycles. The van der Waals surface area contributed by atoms with Gasteiger partial charge in [-0.3, -0.25) is 9.59 Å². The van der Waals surface area contributed by atoms with Crippen LogP contribution in [0, 0.1) is 39.9 Å². The van der Waals surface area contributed by atoms with E-state index < -0.39 is 11.9 Å². The molecule has 0 aromatic rings. The predicted molar refractivity (Wildman–Crippen MR) is 193 cm³/mol. The molecule has 0 amide bonds. The average Bonchev–Trinajstić information content (AvgIpc) is 3.00. The molecule has 0 atom stereocenters. The maximum absolute atomic E-state index is 10.4. The molecule has 0 radical (unpaired) electrons. The number of carbonyl (C=O) groups is 2. The van der Waals surface area contributed by atoms with Gasteiger partial charge in [0.1, 0.15) is 0 Å². The fourth-order valence-electron chi connectivity index (χ4n) is 5.40. The Bertz CT molecular complexity index is 632. The molecule has 268 valence electrons. The van der Waals surface area contributed by atoms with Gasteiger partial charge in [-0.1, -0.05) is 167 Å². The van der Waals surface area contributed by atoms with Gasteiger partial charge < -0.3 is 10.2 Å². The zero-order chi connectivity index (χ0) is 32.6. The SMILES string of the molecule is CCCCCCCC/C=C\CCCCCCCC(=O)O.CCCCCCCC/C=C\CCCCCCCCCCCC(=O)O.[Gd]. The van der Waals surface area contributed by atoms with Crippen LogP contribution in [0.2, 0.25) is 0 Å². The second kappa shape index (κ2) is 45.9. The first-order chi connectivity index (χ1) is 21.5. The van der Waals surface area contributed by atoms with Crippen molar-refractivity contribution in [2.24, 2.45) is 0 Å². The van der Waals surface area contributed by atoms with Gasteiger partial charge in [-0.15, -0.1) is 0 Å². The second-order valence-electron chi connectivity index (χ2n) is 12.9. The molecule has 0 aliphatic heterocycles. The molecule has 0 fully saturated rings. The molecule has 2 N–H and O–H groups in total. The van der Waals surface area contributed by atoms with Gasteiger partial charge in [-0.05, 0) is 64.2 Å². The van der Waals surface area contributed by atoms with Gasteiger partial charge in [0, 0.05) is 52.8 Å². The summed E-state index contributed by atoms with van der Waals surface area (Å²) < 4.78 is 0. The first kappa shape index (κ1) is 49.1. The number of hydrogen-bond donors (Lipinski definition) is 2. The molecule has 45 heavy (non-hydrogen) atoms. The fraction of sp³-hybridized carbons (Fsp3) is 0.850. The van der Waals surface area contributed by atoms with E-state index in [1.54, 1.807) is 0 Å². The van der Waals surface area contributed by atoms with Crippen molar-refractivity contribution in [3.05, 3.63) is 24.3 Å². The summed E-state index contributed by atoms with van der Waals surface area (Å²) in [7, 11) is 0. The van der Waals surface area contributed by atoms with Gasteiger partial charge in [0.2, 0.25) is 0 Å². The summed E-state index contributed by atoms with van der Waals surface area (Å²) in [5, 5.41) is 17.1. The third-order valence-corrected chi connectivity index (χ3v) is 8.30. The molecule has 0 rings (SSSR count). The van der Waals surface area contributed by atoms with E-state index in [1.165, 1.54) is 167 Å². The molecule has 0 bridgehead atoms. The monoisotopic (exact) mass is 778 g/mol. The van der Waals surface area contributed by atoms with E-state index in [0.29, 0.717) is 12.8 Å². The average molecular weight is 778 g/mol. The van der Waals surface area contributed by atoms with E-state index in [-0.39, 0.29) is 39.9 Å². The third kappa shape index (κ3) is 53.5. The van der Waals surface area contributed by atoms with E-state index in [4.69, 9.17) is 10.2 Å². The fourth-order valence-corrected chi connectivity index (χ4v) is 5.40. The number of unbranched alkanes of at least 4 members (excludes halogenated alkanes) is 26. The van der Waals surface area contributed by atoms with Crippen LogP contribution in [-0.4, -0.2) is 22.2 Å². The number of allylic oxidation sites excluding steroid dienone is 4. The van der Waals surface area contributed by atoms with Crippen LogP contribution in [0.1, 0.15) is 219 Å². The third-order valence-electron chi connectivity index (χ3n) is 8.30. The standard InChI is InChI=1S/C22H42O2.C18H34O2.Gd/c1-2-3-4-5-6-7-8-9-10-11-12-13-14-15-16-17-18-19-20-21-22(23)24;1-2-3-4-5-6-7-8-9-10-11-12-13-14-15-16-17-18(19)20;/h9-10H,2-8,11-21H2,1H3,(H,23,24);9-10H,2-8,11-17H2,1H3,(H,19,20);/b2*10-9-;. The van der Waals surface area contributed by atoms with Crippen LogP contribution in [0.3, 0.4) is 0 Å². The first-order valence-electron chi connectivity index (χ1n) is 19.3. The van der Waals surface area contributed by atoms with E-state index in [1.807, 2.05) is 0 Å². The first-order valence-corrected chi connectivity index (χ1v) is 19.3. The summed E-state index contributed by atoms with van der Waals surface area (Å²) in [6.45, 7) is 4.53. The molecule has 0 unspecified atom stereocenters. The summed E-state index contributed by atoms with van der Waals surface area (Å²) >= 11 is 0. The summed E-state index contributed by atoms with van der Waals surface area (Å²) in [5.74, 6) is -1.32.